The fraction of sp³-hybridized carbons (Fsp3) is 0.444. The van der Waals surface area contributed by atoms with E-state index in [4.69, 9.17) is 0 Å². The van der Waals surface area contributed by atoms with Crippen LogP contribution in [-0.2, 0) is 14.4 Å². The molecule has 0 saturated carbocycles. The third-order valence-electron chi connectivity index (χ3n) is 7.84. The molecule has 2 aromatic rings. The Morgan fingerprint density at radius 3 is 2.54 bits per heavy atom. The number of rotatable bonds is 6. The number of aliphatic hydroxyl groups excluding tert-OH is 1. The van der Waals surface area contributed by atoms with Gasteiger partial charge in [0, 0.05) is 22.7 Å². The van der Waals surface area contributed by atoms with E-state index in [9.17, 15) is 19.5 Å². The maximum absolute atomic E-state index is 13.8. The molecule has 35 heavy (non-hydrogen) atoms. The van der Waals surface area contributed by atoms with Crippen LogP contribution in [0.2, 0.25) is 0 Å². The van der Waals surface area contributed by atoms with Crippen LogP contribution in [0.15, 0.2) is 48.5 Å². The molecule has 3 aliphatic heterocycles. The molecule has 3 N–H and O–H groups in total. The summed E-state index contributed by atoms with van der Waals surface area (Å²) in [5, 5.41) is 15.8. The van der Waals surface area contributed by atoms with Crippen LogP contribution in [0.4, 0.5) is 11.4 Å². The molecule has 7 nitrogen and oxygen atoms in total. The van der Waals surface area contributed by atoms with Crippen LogP contribution in [0.5, 0.6) is 0 Å². The maximum atomic E-state index is 13.8. The number of aryl methyl sites for hydroxylation is 2. The summed E-state index contributed by atoms with van der Waals surface area (Å²) in [5.41, 5.74) is 3.36. The molecule has 3 heterocycles. The van der Waals surface area contributed by atoms with E-state index in [-0.39, 0.29) is 30.9 Å². The minimum absolute atomic E-state index is 0.0618. The van der Waals surface area contributed by atoms with Crippen LogP contribution < -0.4 is 10.6 Å². The lowest BCUT2D eigenvalue weighted by molar-refractivity contribution is -0.139. The average Bonchev–Trinajstić information content (AvgIpc) is 3.38. The van der Waals surface area contributed by atoms with Gasteiger partial charge in [0.25, 0.3) is 0 Å². The monoisotopic (exact) mass is 493 g/mol. The van der Waals surface area contributed by atoms with E-state index in [1.54, 1.807) is 11.8 Å². The van der Waals surface area contributed by atoms with Crippen LogP contribution in [0.25, 0.3) is 0 Å². The fourth-order valence-electron chi connectivity index (χ4n) is 6.29. The molecule has 5 rings (SSSR count). The van der Waals surface area contributed by atoms with Gasteiger partial charge in [-0.15, -0.1) is 11.8 Å². The highest BCUT2D eigenvalue weighted by Crippen LogP contribution is 2.71. The number of thioether (sulfide) groups is 1. The molecule has 1 spiro atoms. The van der Waals surface area contributed by atoms with Crippen LogP contribution in [0, 0.1) is 25.7 Å². The molecule has 184 valence electrons. The van der Waals surface area contributed by atoms with Gasteiger partial charge >= 0.3 is 0 Å². The number of aliphatic hydroxyl groups is 1. The number of likely N-dealkylation sites (tertiary alicyclic amines) is 1. The molecule has 2 unspecified atom stereocenters. The normalized spacial score (nSPS) is 30.9. The topological polar surface area (TPSA) is 98.7 Å². The van der Waals surface area contributed by atoms with Crippen molar-refractivity contribution in [3.63, 3.8) is 0 Å². The van der Waals surface area contributed by atoms with Gasteiger partial charge in [-0.05, 0) is 62.9 Å². The van der Waals surface area contributed by atoms with Gasteiger partial charge in [-0.3, -0.25) is 14.4 Å². The summed E-state index contributed by atoms with van der Waals surface area (Å²) in [6.07, 6.45) is 1.42. The number of carbonyl (C=O) groups is 3. The zero-order valence-corrected chi connectivity index (χ0v) is 21.0. The average molecular weight is 494 g/mol. The van der Waals surface area contributed by atoms with Crippen molar-refractivity contribution < 1.29 is 19.5 Å². The zero-order valence-electron chi connectivity index (χ0n) is 20.2. The van der Waals surface area contributed by atoms with Gasteiger partial charge < -0.3 is 20.6 Å². The molecular formula is C27H31N3O4S. The van der Waals surface area contributed by atoms with E-state index in [1.165, 1.54) is 4.90 Å². The lowest BCUT2D eigenvalue weighted by atomic mass is 9.66. The number of nitrogens with zero attached hydrogens (tertiary/aromatic N) is 1. The molecule has 2 aromatic carbocycles. The van der Waals surface area contributed by atoms with E-state index in [2.05, 4.69) is 10.6 Å². The van der Waals surface area contributed by atoms with Crippen molar-refractivity contribution in [3.05, 3.63) is 59.7 Å². The first-order chi connectivity index (χ1) is 16.7. The van der Waals surface area contributed by atoms with Crippen molar-refractivity contribution in [2.75, 3.05) is 23.8 Å². The van der Waals surface area contributed by atoms with Crippen molar-refractivity contribution in [2.45, 2.75) is 49.1 Å². The van der Waals surface area contributed by atoms with E-state index >= 15 is 0 Å². The molecule has 5 atom stereocenters. The number of fused-ring (bicyclic) bond motifs is 1. The third kappa shape index (κ3) is 3.74. The molecule has 3 aliphatic rings. The summed E-state index contributed by atoms with van der Waals surface area (Å²) in [5.74, 6) is -1.84. The second kappa shape index (κ2) is 8.68. The number of β-amino-alcohol motifs (C(OH)–C–C–N with tert-alkyl or cyclic N) is 1. The summed E-state index contributed by atoms with van der Waals surface area (Å²) in [4.78, 5) is 42.7. The van der Waals surface area contributed by atoms with Crippen molar-refractivity contribution in [2.24, 2.45) is 11.8 Å². The Bertz CT molecular complexity index is 1190. The molecule has 0 radical (unpaired) electrons. The summed E-state index contributed by atoms with van der Waals surface area (Å²) in [7, 11) is 0. The van der Waals surface area contributed by atoms with Crippen LogP contribution in [-0.4, -0.2) is 56.4 Å². The number of nitrogens with one attached hydrogen (secondary N) is 2. The lowest BCUT2D eigenvalue weighted by Gasteiger charge is -2.34. The van der Waals surface area contributed by atoms with E-state index in [0.717, 1.165) is 17.5 Å². The predicted octanol–water partition coefficient (Wildman–Crippen LogP) is 3.35. The van der Waals surface area contributed by atoms with Crippen molar-refractivity contribution in [1.29, 1.82) is 0 Å². The van der Waals surface area contributed by atoms with Gasteiger partial charge in [0.15, 0.2) is 0 Å². The second-order valence-electron chi connectivity index (χ2n) is 10.1. The molecule has 3 amide bonds. The largest absolute Gasteiger partial charge is 0.395 e. The standard InChI is InChI=1S/C27H31N3O4S/c1-16-9-10-17(2)19(15-16)29-24(33)22-27-12-11-26(3,35-27)20(21(27)25(34)30(22)13-14-31)23(32)28-18-7-5-4-6-8-18/h4-10,15,20-22,31H,11-14H2,1-3H3,(H,28,32)(H,29,33)/t20-,21-,22?,26+,27?/m0/s1. The molecular weight excluding hydrogens is 462 g/mol. The summed E-state index contributed by atoms with van der Waals surface area (Å²) >= 11 is 1.62. The first-order valence-corrected chi connectivity index (χ1v) is 12.9. The first kappa shape index (κ1) is 23.9. The number of hydrogen-bond donors (Lipinski definition) is 3. The second-order valence-corrected chi connectivity index (χ2v) is 12.0. The SMILES string of the molecule is Cc1ccc(C)c(NC(=O)C2N(CCO)C(=O)[C@@H]3[C@@H](C(=O)Nc4ccccc4)[C@@]4(C)CCC23S4)c1. The van der Waals surface area contributed by atoms with Crippen molar-refractivity contribution in [3.8, 4) is 0 Å². The molecule has 2 bridgehead atoms. The van der Waals surface area contributed by atoms with Crippen molar-refractivity contribution in [1.82, 2.24) is 4.90 Å². The third-order valence-corrected chi connectivity index (χ3v) is 9.83. The van der Waals surface area contributed by atoms with Gasteiger partial charge in [-0.25, -0.2) is 0 Å². The Labute approximate surface area is 209 Å². The Kier molecular flexibility index (Phi) is 5.92. The fourth-order valence-corrected chi connectivity index (χ4v) is 8.64. The van der Waals surface area contributed by atoms with Gasteiger partial charge in [0.1, 0.15) is 6.04 Å². The zero-order chi connectivity index (χ0) is 25.0. The van der Waals surface area contributed by atoms with E-state index in [0.29, 0.717) is 17.8 Å². The summed E-state index contributed by atoms with van der Waals surface area (Å²) in [6, 6.07) is 14.3. The number of amides is 3. The highest BCUT2D eigenvalue weighted by Gasteiger charge is 2.77. The van der Waals surface area contributed by atoms with Crippen LogP contribution in [0.3, 0.4) is 0 Å². The lowest BCUT2D eigenvalue weighted by Crippen LogP contribution is -2.52. The van der Waals surface area contributed by atoms with Gasteiger partial charge in [0.05, 0.1) is 23.2 Å². The van der Waals surface area contributed by atoms with Gasteiger partial charge in [-0.1, -0.05) is 30.3 Å². The number of carbonyl (C=O) groups excluding carboxylic acids is 3. The summed E-state index contributed by atoms with van der Waals surface area (Å²) < 4.78 is -1.15. The highest BCUT2D eigenvalue weighted by molar-refractivity contribution is 8.02. The van der Waals surface area contributed by atoms with Crippen LogP contribution >= 0.6 is 11.8 Å². The molecule has 0 aliphatic carbocycles. The molecule has 3 saturated heterocycles. The van der Waals surface area contributed by atoms with Crippen LogP contribution in [0.1, 0.15) is 30.9 Å². The minimum Gasteiger partial charge on any atom is -0.395 e. The number of benzene rings is 2. The quantitative estimate of drug-likeness (QED) is 0.573. The highest BCUT2D eigenvalue weighted by atomic mass is 32.2. The van der Waals surface area contributed by atoms with Gasteiger partial charge in [-0.2, -0.15) is 0 Å². The Morgan fingerprint density at radius 2 is 1.83 bits per heavy atom. The molecule has 0 aromatic heterocycles. The number of para-hydroxylation sites is 1. The minimum atomic E-state index is -0.756. The Hall–Kier alpha value is -2.84. The van der Waals surface area contributed by atoms with Crippen molar-refractivity contribution >= 4 is 40.9 Å². The van der Waals surface area contributed by atoms with E-state index in [1.807, 2.05) is 69.3 Å². The van der Waals surface area contributed by atoms with E-state index < -0.39 is 27.4 Å². The predicted molar refractivity (Wildman–Crippen MR) is 137 cm³/mol. The maximum Gasteiger partial charge on any atom is 0.248 e. The number of hydrogen-bond acceptors (Lipinski definition) is 5. The smallest absolute Gasteiger partial charge is 0.248 e. The summed E-state index contributed by atoms with van der Waals surface area (Å²) in [6.45, 7) is 5.76. The first-order valence-electron chi connectivity index (χ1n) is 12.1. The molecule has 8 heteroatoms. The number of anilines is 2. The molecule has 3 fully saturated rings. The Balaban J connectivity index is 1.50. The Morgan fingerprint density at radius 1 is 1.09 bits per heavy atom. The van der Waals surface area contributed by atoms with Gasteiger partial charge in [0.2, 0.25) is 17.7 Å².